The van der Waals surface area contributed by atoms with Crippen LogP contribution in [0.5, 0.6) is 0 Å². The number of furan rings is 2. The summed E-state index contributed by atoms with van der Waals surface area (Å²) < 4.78 is 23.1. The maximum absolute atomic E-state index is 6.02. The van der Waals surface area contributed by atoms with E-state index in [0.717, 1.165) is 44.0 Å². The molecule has 0 atom stereocenters. The Kier molecular flexibility index (Phi) is 9.28. The molecule has 1 aliphatic heterocycles. The zero-order valence-corrected chi connectivity index (χ0v) is 29.8. The topological polar surface area (TPSA) is 96.3 Å². The number of hydrogen-bond acceptors (Lipinski definition) is 8. The zero-order chi connectivity index (χ0) is 35.0. The van der Waals surface area contributed by atoms with Crippen molar-refractivity contribution in [2.75, 3.05) is 0 Å². The van der Waals surface area contributed by atoms with Crippen LogP contribution in [0.3, 0.4) is 0 Å². The quantitative estimate of drug-likeness (QED) is 0.0988. The van der Waals surface area contributed by atoms with E-state index in [9.17, 15) is 0 Å². The summed E-state index contributed by atoms with van der Waals surface area (Å²) in [5, 5.41) is 4.09. The molecule has 0 amide bonds. The van der Waals surface area contributed by atoms with Crippen molar-refractivity contribution < 1.29 is 18.1 Å². The third-order valence-corrected chi connectivity index (χ3v) is 9.36. The molecule has 50 heavy (non-hydrogen) atoms. The van der Waals surface area contributed by atoms with Gasteiger partial charge in [0.1, 0.15) is 16.3 Å². The van der Waals surface area contributed by atoms with E-state index in [2.05, 4.69) is 47.6 Å². The van der Waals surface area contributed by atoms with Gasteiger partial charge in [0.15, 0.2) is 0 Å². The second-order valence-corrected chi connectivity index (χ2v) is 13.6. The van der Waals surface area contributed by atoms with Gasteiger partial charge in [0.05, 0.1) is 27.7 Å². The molecule has 0 radical (unpaired) electrons. The van der Waals surface area contributed by atoms with Gasteiger partial charge in [0.25, 0.3) is 0 Å². The third kappa shape index (κ3) is 6.67. The molecule has 0 saturated carbocycles. The fourth-order valence-corrected chi connectivity index (χ4v) is 6.18. The lowest BCUT2D eigenvalue weighted by Crippen LogP contribution is -2.41. The molecular formula is C38H30BCl3N4O4. The van der Waals surface area contributed by atoms with E-state index in [4.69, 9.17) is 52.9 Å². The predicted molar refractivity (Wildman–Crippen MR) is 201 cm³/mol. The highest BCUT2D eigenvalue weighted by Crippen LogP contribution is 2.37. The first-order valence-corrected chi connectivity index (χ1v) is 17.0. The monoisotopic (exact) mass is 722 g/mol. The number of aromatic nitrogens is 4. The molecule has 4 aromatic heterocycles. The van der Waals surface area contributed by atoms with E-state index in [1.54, 1.807) is 0 Å². The first-order chi connectivity index (χ1) is 24.0. The van der Waals surface area contributed by atoms with Crippen LogP contribution in [-0.2, 0) is 9.31 Å². The van der Waals surface area contributed by atoms with Crippen LogP contribution < -0.4 is 5.46 Å². The van der Waals surface area contributed by atoms with Gasteiger partial charge in [-0.3, -0.25) is 0 Å². The lowest BCUT2D eigenvalue weighted by molar-refractivity contribution is 0.00578. The number of benzene rings is 4. The molecule has 8 nitrogen and oxygen atoms in total. The molecule has 5 heterocycles. The van der Waals surface area contributed by atoms with Crippen LogP contribution in [0, 0.1) is 0 Å². The Morgan fingerprint density at radius 1 is 0.520 bits per heavy atom. The molecule has 0 N–H and O–H groups in total. The standard InChI is InChI=1S/C16H9ClN2O.C12H17BO2.C10H4Cl2N2O/c17-16-18-14(10-6-2-1-3-7-10)13-11-8-4-5-9-12(11)20-15(13)19-16;1-11(2)12(3,4)15-13(14-11)10-8-6-5-7-9-10;11-8-7-5-3-1-2-4-6(5)15-9(7)14-10(12)13-8/h1-9H;5-9H,1-4H3;1-4H. The van der Waals surface area contributed by atoms with Crippen LogP contribution in [-0.4, -0.2) is 38.3 Å². The van der Waals surface area contributed by atoms with E-state index in [1.807, 2.05) is 109 Å². The summed E-state index contributed by atoms with van der Waals surface area (Å²) in [5.74, 6) is 0. The van der Waals surface area contributed by atoms with Crippen molar-refractivity contribution in [3.8, 4) is 11.3 Å². The lowest BCUT2D eigenvalue weighted by atomic mass is 9.79. The molecule has 8 aromatic rings. The largest absolute Gasteiger partial charge is 0.494 e. The van der Waals surface area contributed by atoms with Gasteiger partial charge in [-0.05, 0) is 68.5 Å². The van der Waals surface area contributed by atoms with Crippen LogP contribution in [0.15, 0.2) is 118 Å². The van der Waals surface area contributed by atoms with E-state index >= 15 is 0 Å². The molecule has 250 valence electrons. The highest BCUT2D eigenvalue weighted by molar-refractivity contribution is 6.62. The van der Waals surface area contributed by atoms with Gasteiger partial charge in [-0.2, -0.15) is 9.97 Å². The van der Waals surface area contributed by atoms with Gasteiger partial charge in [-0.25, -0.2) is 9.97 Å². The fourth-order valence-electron chi connectivity index (χ4n) is 5.55. The first kappa shape index (κ1) is 34.0. The number of para-hydroxylation sites is 2. The maximum atomic E-state index is 6.02. The fraction of sp³-hybridized carbons (Fsp3) is 0.158. The van der Waals surface area contributed by atoms with Crippen LogP contribution in [0.4, 0.5) is 0 Å². The van der Waals surface area contributed by atoms with Crippen molar-refractivity contribution in [2.24, 2.45) is 0 Å². The maximum Gasteiger partial charge on any atom is 0.494 e. The highest BCUT2D eigenvalue weighted by atomic mass is 35.5. The smallest absolute Gasteiger partial charge is 0.438 e. The molecular weight excluding hydrogens is 694 g/mol. The van der Waals surface area contributed by atoms with Crippen molar-refractivity contribution in [1.82, 2.24) is 19.9 Å². The minimum atomic E-state index is -0.256. The molecule has 0 aliphatic carbocycles. The Bertz CT molecular complexity index is 2440. The summed E-state index contributed by atoms with van der Waals surface area (Å²) in [6, 6.07) is 35.3. The predicted octanol–water partition coefficient (Wildman–Crippen LogP) is 10.4. The summed E-state index contributed by atoms with van der Waals surface area (Å²) >= 11 is 17.7. The third-order valence-electron chi connectivity index (χ3n) is 8.75. The average molecular weight is 724 g/mol. The van der Waals surface area contributed by atoms with Crippen LogP contribution in [0.25, 0.3) is 55.4 Å². The van der Waals surface area contributed by atoms with Crippen LogP contribution >= 0.6 is 34.8 Å². The second-order valence-electron chi connectivity index (χ2n) is 12.5. The Hall–Kier alpha value is -4.51. The van der Waals surface area contributed by atoms with Crippen molar-refractivity contribution >= 4 is 91.5 Å². The summed E-state index contributed by atoms with van der Waals surface area (Å²) in [6.07, 6.45) is 0. The number of rotatable bonds is 2. The number of fused-ring (bicyclic) bond motifs is 6. The molecule has 0 spiro atoms. The molecule has 12 heteroatoms. The van der Waals surface area contributed by atoms with E-state index in [1.165, 1.54) is 0 Å². The Balaban J connectivity index is 0.000000120. The van der Waals surface area contributed by atoms with Crippen molar-refractivity contribution in [2.45, 2.75) is 38.9 Å². The van der Waals surface area contributed by atoms with Gasteiger partial charge in [0, 0.05) is 16.3 Å². The first-order valence-electron chi connectivity index (χ1n) is 15.8. The summed E-state index contributed by atoms with van der Waals surface area (Å²) in [7, 11) is -0.240. The normalized spacial score (nSPS) is 14.8. The van der Waals surface area contributed by atoms with E-state index in [-0.39, 0.29) is 28.9 Å². The molecule has 4 aromatic carbocycles. The van der Waals surface area contributed by atoms with E-state index in [0.29, 0.717) is 22.0 Å². The summed E-state index contributed by atoms with van der Waals surface area (Å²) in [6.45, 7) is 8.26. The van der Waals surface area contributed by atoms with Crippen molar-refractivity contribution in [3.63, 3.8) is 0 Å². The average Bonchev–Trinajstić information content (AvgIpc) is 3.73. The van der Waals surface area contributed by atoms with Gasteiger partial charge < -0.3 is 18.1 Å². The molecule has 9 rings (SSSR count). The van der Waals surface area contributed by atoms with Gasteiger partial charge >= 0.3 is 7.12 Å². The highest BCUT2D eigenvalue weighted by Gasteiger charge is 2.51. The molecule has 0 bridgehead atoms. The Morgan fingerprint density at radius 2 is 0.980 bits per heavy atom. The minimum Gasteiger partial charge on any atom is -0.438 e. The van der Waals surface area contributed by atoms with Crippen LogP contribution in [0.1, 0.15) is 27.7 Å². The number of hydrogen-bond donors (Lipinski definition) is 0. The van der Waals surface area contributed by atoms with Crippen molar-refractivity contribution in [1.29, 1.82) is 0 Å². The van der Waals surface area contributed by atoms with Gasteiger partial charge in [0.2, 0.25) is 22.0 Å². The Morgan fingerprint density at radius 3 is 1.56 bits per heavy atom. The molecule has 0 unspecified atom stereocenters. The van der Waals surface area contributed by atoms with E-state index < -0.39 is 0 Å². The number of halogens is 3. The molecule has 1 fully saturated rings. The molecule has 1 aliphatic rings. The number of nitrogens with zero attached hydrogens (tertiary/aromatic N) is 4. The zero-order valence-electron chi connectivity index (χ0n) is 27.5. The lowest BCUT2D eigenvalue weighted by Gasteiger charge is -2.32. The Labute approximate surface area is 303 Å². The van der Waals surface area contributed by atoms with Crippen LogP contribution in [0.2, 0.25) is 15.7 Å². The van der Waals surface area contributed by atoms with Gasteiger partial charge in [-0.1, -0.05) is 109 Å². The second kappa shape index (κ2) is 13.7. The summed E-state index contributed by atoms with van der Waals surface area (Å²) in [5.41, 5.74) is 4.81. The van der Waals surface area contributed by atoms with Crippen molar-refractivity contribution in [3.05, 3.63) is 125 Å². The minimum absolute atomic E-state index is 0.0894. The van der Waals surface area contributed by atoms with Gasteiger partial charge in [-0.15, -0.1) is 0 Å². The summed E-state index contributed by atoms with van der Waals surface area (Å²) in [4.78, 5) is 16.4. The SMILES string of the molecule is CC1(C)OB(c2ccccc2)OC1(C)C.Clc1nc(-c2ccccc2)c2c(n1)oc1ccccc12.Clc1nc(Cl)c2c(n1)oc1ccccc12. The molecule has 1 saturated heterocycles.